The Kier molecular flexibility index (Phi) is 6.90. The van der Waals surface area contributed by atoms with Gasteiger partial charge in [-0.2, -0.15) is 8.42 Å². The molecular formula is C26H45NO4S. The highest BCUT2D eigenvalue weighted by Crippen LogP contribution is 2.68. The molecule has 0 saturated heterocycles. The third-order valence-corrected chi connectivity index (χ3v) is 11.8. The lowest BCUT2D eigenvalue weighted by Gasteiger charge is -2.61. The summed E-state index contributed by atoms with van der Waals surface area (Å²) in [6.45, 7) is 7.46. The molecular weight excluding hydrogens is 422 g/mol. The predicted octanol–water partition coefficient (Wildman–Crippen LogP) is 5.24. The van der Waals surface area contributed by atoms with E-state index in [9.17, 15) is 13.2 Å². The maximum absolute atomic E-state index is 12.4. The normalized spacial score (nSPS) is 43.6. The van der Waals surface area contributed by atoms with Gasteiger partial charge in [-0.05, 0) is 104 Å². The zero-order valence-corrected chi connectivity index (χ0v) is 21.2. The Morgan fingerprint density at radius 2 is 1.72 bits per heavy atom. The second-order valence-electron chi connectivity index (χ2n) is 12.5. The first-order valence-corrected chi connectivity index (χ1v) is 14.8. The molecule has 0 bridgehead atoms. The molecule has 4 fully saturated rings. The van der Waals surface area contributed by atoms with E-state index >= 15 is 0 Å². The first-order valence-electron chi connectivity index (χ1n) is 13.2. The van der Waals surface area contributed by atoms with E-state index in [0.717, 1.165) is 30.1 Å². The summed E-state index contributed by atoms with van der Waals surface area (Å²) in [7, 11) is -4.22. The van der Waals surface area contributed by atoms with Crippen molar-refractivity contribution in [3.63, 3.8) is 0 Å². The lowest BCUT2D eigenvalue weighted by atomic mass is 9.44. The minimum absolute atomic E-state index is 0.249. The van der Waals surface area contributed by atoms with Gasteiger partial charge in [0.15, 0.2) is 5.78 Å². The van der Waals surface area contributed by atoms with Gasteiger partial charge in [-0.25, -0.2) is 0 Å². The molecule has 4 aliphatic rings. The molecule has 0 aromatic rings. The van der Waals surface area contributed by atoms with Crippen LogP contribution in [0.5, 0.6) is 0 Å². The molecule has 9 atom stereocenters. The number of nitrogens with two attached hydrogens (primary N) is 1. The molecule has 0 aromatic carbocycles. The third-order valence-electron chi connectivity index (χ3n) is 11.0. The van der Waals surface area contributed by atoms with Crippen LogP contribution in [0.15, 0.2) is 0 Å². The van der Waals surface area contributed by atoms with Crippen LogP contribution in [0, 0.1) is 46.3 Å². The van der Waals surface area contributed by atoms with E-state index in [-0.39, 0.29) is 5.78 Å². The Bertz CT molecular complexity index is 813. The molecule has 0 amide bonds. The number of fused-ring (bicyclic) bond motifs is 5. The van der Waals surface area contributed by atoms with Gasteiger partial charge in [0.1, 0.15) is 0 Å². The third kappa shape index (κ3) is 4.45. The van der Waals surface area contributed by atoms with Crippen molar-refractivity contribution in [2.75, 3.05) is 5.75 Å². The SMILES string of the molecule is C[C@H](CCC(=O)C(N)CS(=O)(=O)O)[C@H]1CC[C@H]2[C@@H]3CCC4CCCC[C@]4(C)[C@H]3CC[C@]12C. The van der Waals surface area contributed by atoms with E-state index in [2.05, 4.69) is 20.8 Å². The van der Waals surface area contributed by atoms with Crippen LogP contribution in [0.2, 0.25) is 0 Å². The molecule has 6 heteroatoms. The second-order valence-corrected chi connectivity index (χ2v) is 14.0. The van der Waals surface area contributed by atoms with E-state index in [1.165, 1.54) is 64.2 Å². The summed E-state index contributed by atoms with van der Waals surface area (Å²) in [5.74, 6) is 3.72. The van der Waals surface area contributed by atoms with Crippen molar-refractivity contribution in [2.45, 2.75) is 104 Å². The number of Topliss-reactive ketones (excluding diaryl/α,β-unsaturated/α-hetero) is 1. The molecule has 0 radical (unpaired) electrons. The number of rotatable bonds is 7. The van der Waals surface area contributed by atoms with Gasteiger partial charge in [-0.15, -0.1) is 0 Å². The van der Waals surface area contributed by atoms with Crippen LogP contribution in [0.4, 0.5) is 0 Å². The van der Waals surface area contributed by atoms with Gasteiger partial charge in [0.2, 0.25) is 0 Å². The predicted molar refractivity (Wildman–Crippen MR) is 128 cm³/mol. The summed E-state index contributed by atoms with van der Waals surface area (Å²) in [6, 6.07) is -1.12. The molecule has 2 unspecified atom stereocenters. The van der Waals surface area contributed by atoms with Crippen LogP contribution in [-0.2, 0) is 14.9 Å². The second kappa shape index (κ2) is 8.96. The van der Waals surface area contributed by atoms with Crippen LogP contribution >= 0.6 is 0 Å². The topological polar surface area (TPSA) is 97.5 Å². The standard InChI is InChI=1S/C26H45NO4S/c1-17(7-12-24(28)23(27)16-32(29,30)31)20-10-11-21-19-9-8-18-6-4-5-14-25(18,2)22(19)13-15-26(20,21)3/h17-23H,4-16,27H2,1-3H3,(H,29,30,31)/t17-,18?,19+,20-,21+,22+,23?,25+,26-/m1/s1. The highest BCUT2D eigenvalue weighted by Gasteiger charge is 2.60. The zero-order valence-electron chi connectivity index (χ0n) is 20.4. The van der Waals surface area contributed by atoms with Crippen molar-refractivity contribution in [2.24, 2.45) is 52.1 Å². The highest BCUT2D eigenvalue weighted by molar-refractivity contribution is 7.85. The Morgan fingerprint density at radius 3 is 2.44 bits per heavy atom. The summed E-state index contributed by atoms with van der Waals surface area (Å²) >= 11 is 0. The van der Waals surface area contributed by atoms with Gasteiger partial charge in [0, 0.05) is 6.42 Å². The fourth-order valence-corrected chi connectivity index (χ4v) is 9.99. The van der Waals surface area contributed by atoms with Crippen molar-refractivity contribution in [1.82, 2.24) is 0 Å². The fraction of sp³-hybridized carbons (Fsp3) is 0.962. The molecule has 4 rings (SSSR count). The monoisotopic (exact) mass is 467 g/mol. The van der Waals surface area contributed by atoms with Gasteiger partial charge < -0.3 is 5.73 Å². The van der Waals surface area contributed by atoms with E-state index in [1.54, 1.807) is 0 Å². The van der Waals surface area contributed by atoms with Crippen molar-refractivity contribution in [3.05, 3.63) is 0 Å². The van der Waals surface area contributed by atoms with Gasteiger partial charge in [-0.1, -0.05) is 33.6 Å². The van der Waals surface area contributed by atoms with Crippen molar-refractivity contribution in [1.29, 1.82) is 0 Å². The Hall–Kier alpha value is -0.460. The van der Waals surface area contributed by atoms with Gasteiger partial charge in [0.25, 0.3) is 10.1 Å². The first-order chi connectivity index (χ1) is 15.0. The molecule has 0 aromatic heterocycles. The van der Waals surface area contributed by atoms with Crippen LogP contribution in [0.3, 0.4) is 0 Å². The molecule has 32 heavy (non-hydrogen) atoms. The minimum atomic E-state index is -4.22. The fourth-order valence-electron chi connectivity index (χ4n) is 9.35. The Morgan fingerprint density at radius 1 is 1.00 bits per heavy atom. The quantitative estimate of drug-likeness (QED) is 0.499. The van der Waals surface area contributed by atoms with E-state index < -0.39 is 21.9 Å². The first kappa shape index (κ1) is 24.7. The summed E-state index contributed by atoms with van der Waals surface area (Å²) in [5, 5.41) is 0. The summed E-state index contributed by atoms with van der Waals surface area (Å²) in [6.07, 6.45) is 15.0. The van der Waals surface area contributed by atoms with Crippen LogP contribution in [-0.4, -0.2) is 30.5 Å². The molecule has 184 valence electrons. The van der Waals surface area contributed by atoms with Crippen molar-refractivity contribution >= 4 is 15.9 Å². The molecule has 4 aliphatic carbocycles. The maximum Gasteiger partial charge on any atom is 0.266 e. The van der Waals surface area contributed by atoms with Gasteiger partial charge >= 0.3 is 0 Å². The average Bonchev–Trinajstić information content (AvgIpc) is 3.07. The average molecular weight is 468 g/mol. The van der Waals surface area contributed by atoms with Gasteiger partial charge in [0.05, 0.1) is 11.8 Å². The number of carbonyl (C=O) groups is 1. The Balaban J connectivity index is 1.40. The van der Waals surface area contributed by atoms with Crippen LogP contribution in [0.25, 0.3) is 0 Å². The molecule has 3 N–H and O–H groups in total. The maximum atomic E-state index is 12.4. The Labute approximate surface area is 195 Å². The van der Waals surface area contributed by atoms with Crippen molar-refractivity contribution in [3.8, 4) is 0 Å². The van der Waals surface area contributed by atoms with Crippen LogP contribution < -0.4 is 5.73 Å². The lowest BCUT2D eigenvalue weighted by molar-refractivity contribution is -0.121. The molecule has 0 spiro atoms. The molecule has 5 nitrogen and oxygen atoms in total. The number of ketones is 1. The minimum Gasteiger partial charge on any atom is -0.321 e. The largest absolute Gasteiger partial charge is 0.321 e. The zero-order chi connectivity index (χ0) is 23.3. The van der Waals surface area contributed by atoms with Crippen LogP contribution in [0.1, 0.15) is 97.8 Å². The van der Waals surface area contributed by atoms with Crippen molar-refractivity contribution < 1.29 is 17.8 Å². The van der Waals surface area contributed by atoms with Gasteiger partial charge in [-0.3, -0.25) is 9.35 Å². The lowest BCUT2D eigenvalue weighted by Crippen LogP contribution is -2.53. The number of hydrogen-bond acceptors (Lipinski definition) is 4. The molecule has 0 heterocycles. The highest BCUT2D eigenvalue weighted by atomic mass is 32.2. The van der Waals surface area contributed by atoms with E-state index in [4.69, 9.17) is 10.3 Å². The number of hydrogen-bond donors (Lipinski definition) is 2. The summed E-state index contributed by atoms with van der Waals surface area (Å²) in [5.41, 5.74) is 6.67. The number of carbonyl (C=O) groups excluding carboxylic acids is 1. The molecule has 4 saturated carbocycles. The molecule has 0 aliphatic heterocycles. The van der Waals surface area contributed by atoms with E-state index in [0.29, 0.717) is 29.1 Å². The summed E-state index contributed by atoms with van der Waals surface area (Å²) < 4.78 is 31.1. The summed E-state index contributed by atoms with van der Waals surface area (Å²) in [4.78, 5) is 12.4. The smallest absolute Gasteiger partial charge is 0.266 e. The van der Waals surface area contributed by atoms with E-state index in [1.807, 2.05) is 0 Å².